The first kappa shape index (κ1) is 16.7. The fourth-order valence-corrected chi connectivity index (χ4v) is 1.90. The van der Waals surface area contributed by atoms with Crippen LogP contribution in [0, 0.1) is 5.92 Å². The summed E-state index contributed by atoms with van der Waals surface area (Å²) in [6.07, 6.45) is 2.82. The molecule has 0 amide bonds. The molecule has 0 aliphatic carbocycles. The molecule has 0 radical (unpaired) electrons. The highest BCUT2D eigenvalue weighted by Crippen LogP contribution is 2.06. The van der Waals surface area contributed by atoms with E-state index in [1.807, 2.05) is 7.05 Å². The fourth-order valence-electron chi connectivity index (χ4n) is 1.90. The molecule has 1 unspecified atom stereocenters. The summed E-state index contributed by atoms with van der Waals surface area (Å²) in [5.74, 6) is 0.588. The van der Waals surface area contributed by atoms with Gasteiger partial charge in [-0.25, -0.2) is 4.68 Å². The molecule has 0 fully saturated rings. The number of nitrogens with one attached hydrogen (secondary N) is 1. The molecule has 1 aromatic heterocycles. The molecule has 114 valence electrons. The summed E-state index contributed by atoms with van der Waals surface area (Å²) in [4.78, 5) is 14.1. The van der Waals surface area contributed by atoms with Crippen LogP contribution in [0.5, 0.6) is 0 Å². The van der Waals surface area contributed by atoms with Gasteiger partial charge < -0.3 is 10.2 Å². The molecule has 1 N–H and O–H groups in total. The average Bonchev–Trinajstić information content (AvgIpc) is 2.40. The Hall–Kier alpha value is -1.36. The Bertz CT molecular complexity index is 455. The molecule has 5 nitrogen and oxygen atoms in total. The van der Waals surface area contributed by atoms with Gasteiger partial charge in [-0.15, -0.1) is 0 Å². The van der Waals surface area contributed by atoms with Crippen LogP contribution in [0.25, 0.3) is 0 Å². The second-order valence-corrected chi connectivity index (χ2v) is 5.68. The van der Waals surface area contributed by atoms with Crippen molar-refractivity contribution in [1.29, 1.82) is 0 Å². The lowest BCUT2D eigenvalue weighted by molar-refractivity contribution is 0.407. The van der Waals surface area contributed by atoms with E-state index >= 15 is 0 Å². The Balaban J connectivity index is 2.58. The van der Waals surface area contributed by atoms with Gasteiger partial charge in [0, 0.05) is 32.2 Å². The van der Waals surface area contributed by atoms with Gasteiger partial charge in [-0.1, -0.05) is 20.8 Å². The first-order chi connectivity index (χ1) is 9.45. The highest BCUT2D eigenvalue weighted by molar-refractivity contribution is 5.41. The summed E-state index contributed by atoms with van der Waals surface area (Å²) in [5, 5.41) is 7.65. The smallest absolute Gasteiger partial charge is 0.268 e. The van der Waals surface area contributed by atoms with E-state index in [2.05, 4.69) is 43.0 Å². The summed E-state index contributed by atoms with van der Waals surface area (Å²) in [7, 11) is 1.98. The minimum absolute atomic E-state index is 0.0375. The molecule has 1 heterocycles. The van der Waals surface area contributed by atoms with Crippen molar-refractivity contribution >= 4 is 5.69 Å². The fraction of sp³-hybridized carbons (Fsp3) is 0.733. The van der Waals surface area contributed by atoms with Crippen molar-refractivity contribution in [3.8, 4) is 0 Å². The molecule has 0 saturated heterocycles. The van der Waals surface area contributed by atoms with Crippen molar-refractivity contribution in [2.75, 3.05) is 25.0 Å². The zero-order valence-corrected chi connectivity index (χ0v) is 13.4. The third-order valence-electron chi connectivity index (χ3n) is 3.64. The maximum atomic E-state index is 12.0. The van der Waals surface area contributed by atoms with E-state index in [0.717, 1.165) is 25.2 Å². The Morgan fingerprint density at radius 3 is 2.65 bits per heavy atom. The summed E-state index contributed by atoms with van der Waals surface area (Å²) in [6, 6.07) is 2.11. The molecule has 0 aliphatic rings. The quantitative estimate of drug-likeness (QED) is 0.788. The molecule has 20 heavy (non-hydrogen) atoms. The largest absolute Gasteiger partial charge is 0.373 e. The monoisotopic (exact) mass is 280 g/mol. The van der Waals surface area contributed by atoms with Crippen LogP contribution in [-0.4, -0.2) is 36.0 Å². The van der Waals surface area contributed by atoms with Gasteiger partial charge in [0.1, 0.15) is 0 Å². The molecule has 0 bridgehead atoms. The van der Waals surface area contributed by atoms with Crippen molar-refractivity contribution in [2.24, 2.45) is 5.92 Å². The van der Waals surface area contributed by atoms with E-state index in [1.165, 1.54) is 4.68 Å². The molecule has 0 aliphatic heterocycles. The predicted octanol–water partition coefficient (Wildman–Crippen LogP) is 1.72. The molecule has 0 aromatic carbocycles. The molecule has 1 atom stereocenters. The van der Waals surface area contributed by atoms with Crippen LogP contribution in [0.2, 0.25) is 0 Å². The summed E-state index contributed by atoms with van der Waals surface area (Å²) in [6.45, 7) is 10.9. The minimum atomic E-state index is -0.0375. The lowest BCUT2D eigenvalue weighted by atomic mass is 10.1. The molecule has 0 spiro atoms. The van der Waals surface area contributed by atoms with E-state index in [4.69, 9.17) is 0 Å². The molecule has 5 heteroatoms. The average molecular weight is 280 g/mol. The third kappa shape index (κ3) is 4.96. The van der Waals surface area contributed by atoms with Gasteiger partial charge in [0.15, 0.2) is 0 Å². The van der Waals surface area contributed by atoms with Crippen LogP contribution in [-0.2, 0) is 6.54 Å². The van der Waals surface area contributed by atoms with Crippen molar-refractivity contribution in [2.45, 2.75) is 46.7 Å². The Kier molecular flexibility index (Phi) is 6.71. The van der Waals surface area contributed by atoms with Crippen molar-refractivity contribution < 1.29 is 0 Å². The summed E-state index contributed by atoms with van der Waals surface area (Å²) < 4.78 is 1.52. The van der Waals surface area contributed by atoms with Gasteiger partial charge in [0.05, 0.1) is 18.4 Å². The number of aromatic nitrogens is 2. The summed E-state index contributed by atoms with van der Waals surface area (Å²) in [5.41, 5.74) is 0.848. The Labute approximate surface area is 122 Å². The van der Waals surface area contributed by atoms with Gasteiger partial charge in [-0.2, -0.15) is 5.10 Å². The van der Waals surface area contributed by atoms with Crippen LogP contribution in [0.1, 0.15) is 34.1 Å². The lowest BCUT2D eigenvalue weighted by Crippen LogP contribution is -2.36. The number of hydrogen-bond acceptors (Lipinski definition) is 4. The number of hydrogen-bond donors (Lipinski definition) is 1. The predicted molar refractivity (Wildman–Crippen MR) is 84.4 cm³/mol. The highest BCUT2D eigenvalue weighted by Gasteiger charge is 2.07. The highest BCUT2D eigenvalue weighted by atomic mass is 16.1. The Morgan fingerprint density at radius 2 is 2.10 bits per heavy atom. The van der Waals surface area contributed by atoms with E-state index in [9.17, 15) is 4.79 Å². The van der Waals surface area contributed by atoms with Crippen LogP contribution in [0.3, 0.4) is 0 Å². The van der Waals surface area contributed by atoms with Crippen LogP contribution in [0.15, 0.2) is 17.1 Å². The van der Waals surface area contributed by atoms with Gasteiger partial charge in [0.25, 0.3) is 5.56 Å². The SMILES string of the molecule is CCCN(C)c1cnn(CCNC(C)C(C)C)c(=O)c1. The maximum Gasteiger partial charge on any atom is 0.268 e. The summed E-state index contributed by atoms with van der Waals surface area (Å²) >= 11 is 0. The van der Waals surface area contributed by atoms with Crippen LogP contribution in [0.4, 0.5) is 5.69 Å². The van der Waals surface area contributed by atoms with Gasteiger partial charge >= 0.3 is 0 Å². The lowest BCUT2D eigenvalue weighted by Gasteiger charge is -2.19. The molecular weight excluding hydrogens is 252 g/mol. The van der Waals surface area contributed by atoms with E-state index in [0.29, 0.717) is 18.5 Å². The Morgan fingerprint density at radius 1 is 1.40 bits per heavy atom. The number of rotatable bonds is 8. The zero-order chi connectivity index (χ0) is 15.1. The number of anilines is 1. The van der Waals surface area contributed by atoms with Crippen LogP contribution < -0.4 is 15.8 Å². The maximum absolute atomic E-state index is 12.0. The first-order valence-electron chi connectivity index (χ1n) is 7.47. The van der Waals surface area contributed by atoms with Crippen molar-refractivity contribution in [3.63, 3.8) is 0 Å². The van der Waals surface area contributed by atoms with E-state index in [1.54, 1.807) is 12.3 Å². The molecular formula is C15H28N4O. The van der Waals surface area contributed by atoms with Gasteiger partial charge in [-0.3, -0.25) is 4.79 Å². The van der Waals surface area contributed by atoms with Crippen LogP contribution >= 0.6 is 0 Å². The molecule has 1 aromatic rings. The first-order valence-corrected chi connectivity index (χ1v) is 7.47. The minimum Gasteiger partial charge on any atom is -0.373 e. The van der Waals surface area contributed by atoms with E-state index < -0.39 is 0 Å². The second-order valence-electron chi connectivity index (χ2n) is 5.68. The molecule has 0 saturated carbocycles. The van der Waals surface area contributed by atoms with Crippen molar-refractivity contribution in [1.82, 2.24) is 15.1 Å². The zero-order valence-electron chi connectivity index (χ0n) is 13.4. The second kappa shape index (κ2) is 8.04. The molecule has 1 rings (SSSR count). The normalized spacial score (nSPS) is 12.7. The third-order valence-corrected chi connectivity index (χ3v) is 3.64. The number of nitrogens with zero attached hydrogens (tertiary/aromatic N) is 3. The van der Waals surface area contributed by atoms with Gasteiger partial charge in [0.2, 0.25) is 0 Å². The van der Waals surface area contributed by atoms with Crippen molar-refractivity contribution in [3.05, 3.63) is 22.6 Å². The standard InChI is InChI=1S/C15H28N4O/c1-6-8-18(5)14-10-15(20)19(17-11-14)9-7-16-13(4)12(2)3/h10-13,16H,6-9H2,1-5H3. The topological polar surface area (TPSA) is 50.2 Å². The van der Waals surface area contributed by atoms with Gasteiger partial charge in [-0.05, 0) is 19.3 Å². The van der Waals surface area contributed by atoms with E-state index in [-0.39, 0.29) is 5.56 Å².